The van der Waals surface area contributed by atoms with Gasteiger partial charge in [0.2, 0.25) is 0 Å². The van der Waals surface area contributed by atoms with Gasteiger partial charge in [0, 0.05) is 35.6 Å². The summed E-state index contributed by atoms with van der Waals surface area (Å²) in [7, 11) is 0. The monoisotopic (exact) mass is 422 g/mol. The zero-order chi connectivity index (χ0) is 20.3. The fourth-order valence-corrected chi connectivity index (χ4v) is 3.68. The van der Waals surface area contributed by atoms with Crippen LogP contribution in [0, 0.1) is 0 Å². The summed E-state index contributed by atoms with van der Waals surface area (Å²) in [4.78, 5) is 23.4. The molecule has 2 N–H and O–H groups in total. The van der Waals surface area contributed by atoms with Gasteiger partial charge in [0.25, 0.3) is 5.91 Å². The molecule has 1 saturated heterocycles. The second kappa shape index (κ2) is 9.07. The van der Waals surface area contributed by atoms with E-state index < -0.39 is 0 Å². The summed E-state index contributed by atoms with van der Waals surface area (Å²) >= 11 is 12.2. The number of carbonyl (C=O) groups is 1. The van der Waals surface area contributed by atoms with Gasteiger partial charge < -0.3 is 10.4 Å². The average Bonchev–Trinajstić information content (AvgIpc) is 2.65. The molecule has 1 aromatic carbocycles. The maximum atomic E-state index is 12.7. The number of likely N-dealkylation sites (tertiary alicyclic amines) is 1. The van der Waals surface area contributed by atoms with Crippen molar-refractivity contribution in [3.8, 4) is 5.75 Å². The molecule has 0 radical (unpaired) electrons. The number of benzene rings is 1. The van der Waals surface area contributed by atoms with E-state index in [2.05, 4.69) is 20.2 Å². The van der Waals surface area contributed by atoms with Gasteiger partial charge in [-0.3, -0.25) is 9.69 Å². The first-order valence-corrected chi connectivity index (χ1v) is 10.1. The summed E-state index contributed by atoms with van der Waals surface area (Å²) in [5.41, 5.74) is 0.991. The molecule has 3 rings (SSSR count). The summed E-state index contributed by atoms with van der Waals surface area (Å²) in [6.07, 6.45) is 3.30. The molecule has 8 heteroatoms. The van der Waals surface area contributed by atoms with Crippen LogP contribution >= 0.6 is 23.2 Å². The molecule has 1 fully saturated rings. The Kier molecular flexibility index (Phi) is 6.75. The number of halogens is 2. The van der Waals surface area contributed by atoms with Crippen LogP contribution in [0.3, 0.4) is 0 Å². The van der Waals surface area contributed by atoms with E-state index in [4.69, 9.17) is 23.2 Å². The number of rotatable bonds is 5. The van der Waals surface area contributed by atoms with Crippen LogP contribution in [-0.4, -0.2) is 45.0 Å². The zero-order valence-electron chi connectivity index (χ0n) is 16.0. The molecule has 2 aromatic rings. The van der Waals surface area contributed by atoms with E-state index in [9.17, 15) is 9.90 Å². The molecule has 1 aliphatic heterocycles. The predicted octanol–water partition coefficient (Wildman–Crippen LogP) is 4.01. The van der Waals surface area contributed by atoms with E-state index in [0.717, 1.165) is 24.9 Å². The fraction of sp³-hybridized carbons (Fsp3) is 0.450. The highest BCUT2D eigenvalue weighted by Crippen LogP contribution is 2.24. The van der Waals surface area contributed by atoms with E-state index in [1.807, 2.05) is 13.8 Å². The third-order valence-corrected chi connectivity index (χ3v) is 5.28. The minimum Gasteiger partial charge on any atom is -0.508 e. The second-order valence-electron chi connectivity index (χ2n) is 7.40. The van der Waals surface area contributed by atoms with E-state index >= 15 is 0 Å². The van der Waals surface area contributed by atoms with E-state index in [0.29, 0.717) is 23.9 Å². The van der Waals surface area contributed by atoms with Crippen molar-refractivity contribution in [1.82, 2.24) is 20.2 Å². The van der Waals surface area contributed by atoms with Crippen molar-refractivity contribution in [3.05, 3.63) is 51.5 Å². The highest BCUT2D eigenvalue weighted by molar-refractivity contribution is 6.33. The summed E-state index contributed by atoms with van der Waals surface area (Å²) in [6.45, 7) is 6.08. The third-order valence-electron chi connectivity index (χ3n) is 4.77. The topological polar surface area (TPSA) is 78.4 Å². The highest BCUT2D eigenvalue weighted by atomic mass is 35.5. The number of aromatic hydroxyl groups is 1. The van der Waals surface area contributed by atoms with Crippen LogP contribution in [0.1, 0.15) is 54.5 Å². The van der Waals surface area contributed by atoms with Crippen LogP contribution in [0.15, 0.2) is 24.4 Å². The van der Waals surface area contributed by atoms with Crippen molar-refractivity contribution in [2.24, 2.45) is 0 Å². The molecule has 0 spiro atoms. The molecule has 150 valence electrons. The Morgan fingerprint density at radius 3 is 2.93 bits per heavy atom. The molecule has 28 heavy (non-hydrogen) atoms. The molecule has 1 unspecified atom stereocenters. The quantitative estimate of drug-likeness (QED) is 0.760. The number of aromatic nitrogens is 2. The van der Waals surface area contributed by atoms with E-state index in [1.165, 1.54) is 6.20 Å². The van der Waals surface area contributed by atoms with Crippen LogP contribution in [0.5, 0.6) is 5.75 Å². The predicted molar refractivity (Wildman–Crippen MR) is 110 cm³/mol. The Bertz CT molecular complexity index is 860. The van der Waals surface area contributed by atoms with E-state index in [1.54, 1.807) is 18.2 Å². The lowest BCUT2D eigenvalue weighted by atomic mass is 10.0. The molecule has 2 heterocycles. The lowest BCUT2D eigenvalue weighted by molar-refractivity contribution is 0.0895. The number of piperidine rings is 1. The van der Waals surface area contributed by atoms with Crippen LogP contribution in [0.4, 0.5) is 0 Å². The Hall–Kier alpha value is -1.89. The molecule has 1 aliphatic rings. The molecular formula is C20H24Cl2N4O2. The normalized spacial score (nSPS) is 17.7. The molecule has 0 bridgehead atoms. The molecule has 6 nitrogen and oxygen atoms in total. The molecule has 1 amide bonds. The van der Waals surface area contributed by atoms with Crippen molar-refractivity contribution in [1.29, 1.82) is 0 Å². The summed E-state index contributed by atoms with van der Waals surface area (Å²) in [5, 5.41) is 13.9. The van der Waals surface area contributed by atoms with Gasteiger partial charge in [0.15, 0.2) is 0 Å². The molecule has 0 saturated carbocycles. The second-order valence-corrected chi connectivity index (χ2v) is 8.24. The first-order chi connectivity index (χ1) is 13.3. The maximum absolute atomic E-state index is 12.7. The number of carbonyl (C=O) groups excluding carboxylic acids is 1. The van der Waals surface area contributed by atoms with Crippen LogP contribution in [0.2, 0.25) is 10.0 Å². The zero-order valence-corrected chi connectivity index (χ0v) is 17.5. The highest BCUT2D eigenvalue weighted by Gasteiger charge is 2.24. The van der Waals surface area contributed by atoms with Crippen molar-refractivity contribution in [2.45, 2.75) is 45.2 Å². The average molecular weight is 423 g/mol. The molecular weight excluding hydrogens is 399 g/mol. The summed E-state index contributed by atoms with van der Waals surface area (Å²) in [5.74, 6) is 0.645. The number of phenolic OH excluding ortho intramolecular Hbond substituents is 1. The van der Waals surface area contributed by atoms with Crippen molar-refractivity contribution in [3.63, 3.8) is 0 Å². The largest absolute Gasteiger partial charge is 0.508 e. The van der Waals surface area contributed by atoms with Crippen LogP contribution in [0.25, 0.3) is 0 Å². The molecule has 1 aromatic heterocycles. The fourth-order valence-electron chi connectivity index (χ4n) is 3.31. The summed E-state index contributed by atoms with van der Waals surface area (Å²) in [6, 6.07) is 5.02. The number of nitrogens with one attached hydrogen (secondary N) is 1. The van der Waals surface area contributed by atoms with Gasteiger partial charge in [-0.15, -0.1) is 0 Å². The van der Waals surface area contributed by atoms with Gasteiger partial charge in [-0.1, -0.05) is 37.0 Å². The Labute approximate surface area is 174 Å². The van der Waals surface area contributed by atoms with Crippen molar-refractivity contribution >= 4 is 29.1 Å². The van der Waals surface area contributed by atoms with Gasteiger partial charge in [0.1, 0.15) is 17.3 Å². The Morgan fingerprint density at radius 1 is 1.39 bits per heavy atom. The standard InChI is InChI=1S/C20H24Cl2N4O2/c1-12(2)19-23-9-16(22)18(25-19)20(28)24-15-4-3-7-26(11-15)10-13-8-14(21)5-6-17(13)27/h5-6,8-9,12,15,27H,3-4,7,10-11H2,1-2H3,(H,24,28). The Balaban J connectivity index is 1.65. The first kappa shape index (κ1) is 20.8. The van der Waals surface area contributed by atoms with Gasteiger partial charge in [-0.2, -0.15) is 0 Å². The maximum Gasteiger partial charge on any atom is 0.271 e. The number of hydrogen-bond acceptors (Lipinski definition) is 5. The minimum atomic E-state index is -0.285. The van der Waals surface area contributed by atoms with Gasteiger partial charge in [-0.05, 0) is 37.6 Å². The number of amides is 1. The SMILES string of the molecule is CC(C)c1ncc(Cl)c(C(=O)NC2CCCN(Cc3cc(Cl)ccc3O)C2)n1. The van der Waals surface area contributed by atoms with Gasteiger partial charge >= 0.3 is 0 Å². The van der Waals surface area contributed by atoms with E-state index in [-0.39, 0.29) is 34.3 Å². The van der Waals surface area contributed by atoms with Gasteiger partial charge in [0.05, 0.1) is 11.2 Å². The van der Waals surface area contributed by atoms with Crippen molar-refractivity contribution in [2.75, 3.05) is 13.1 Å². The third kappa shape index (κ3) is 5.13. The number of nitrogens with zero attached hydrogens (tertiary/aromatic N) is 3. The first-order valence-electron chi connectivity index (χ1n) is 9.36. The number of phenols is 1. The van der Waals surface area contributed by atoms with Gasteiger partial charge in [-0.25, -0.2) is 9.97 Å². The lowest BCUT2D eigenvalue weighted by Gasteiger charge is -2.33. The molecule has 0 aliphatic carbocycles. The Morgan fingerprint density at radius 2 is 2.18 bits per heavy atom. The van der Waals surface area contributed by atoms with Crippen LogP contribution in [-0.2, 0) is 6.54 Å². The summed E-state index contributed by atoms with van der Waals surface area (Å²) < 4.78 is 0. The molecule has 1 atom stereocenters. The number of hydrogen-bond donors (Lipinski definition) is 2. The lowest BCUT2D eigenvalue weighted by Crippen LogP contribution is -2.47. The smallest absolute Gasteiger partial charge is 0.271 e. The van der Waals surface area contributed by atoms with Crippen LogP contribution < -0.4 is 5.32 Å². The minimum absolute atomic E-state index is 0.0175. The van der Waals surface area contributed by atoms with Crippen molar-refractivity contribution < 1.29 is 9.90 Å².